The Balaban J connectivity index is 1.34. The average molecular weight is 485 g/mol. The van der Waals surface area contributed by atoms with Gasteiger partial charge < -0.3 is 9.80 Å². The standard InChI is InChI=1S/C21H23F3N4O4S/c1-14-2-4-17(5-3-14)33(30,31)32-18-8-11-28(19(18)29)16-6-9-27(10-7-16)20-25-12-15(13-26-20)21(22,23)24/h2-5,12-13,16,18H,6-11H2,1H3. The first-order chi connectivity index (χ1) is 15.5. The number of benzene rings is 1. The summed E-state index contributed by atoms with van der Waals surface area (Å²) in [6.07, 6.45) is -2.64. The van der Waals surface area contributed by atoms with Crippen LogP contribution >= 0.6 is 0 Å². The summed E-state index contributed by atoms with van der Waals surface area (Å²) in [5.41, 5.74) is 0.000496. The minimum atomic E-state index is -4.49. The van der Waals surface area contributed by atoms with Crippen molar-refractivity contribution in [2.45, 2.75) is 49.4 Å². The Bertz CT molecular complexity index is 1100. The van der Waals surface area contributed by atoms with Crippen molar-refractivity contribution in [1.29, 1.82) is 0 Å². The number of piperidine rings is 1. The third-order valence-corrected chi connectivity index (χ3v) is 7.23. The van der Waals surface area contributed by atoms with Crippen LogP contribution in [0.3, 0.4) is 0 Å². The number of carbonyl (C=O) groups excluding carboxylic acids is 1. The molecule has 1 aromatic carbocycles. The van der Waals surface area contributed by atoms with E-state index in [0.717, 1.165) is 18.0 Å². The number of anilines is 1. The van der Waals surface area contributed by atoms with Crippen LogP contribution in [0.1, 0.15) is 30.4 Å². The van der Waals surface area contributed by atoms with Crippen molar-refractivity contribution < 1.29 is 30.6 Å². The van der Waals surface area contributed by atoms with Crippen molar-refractivity contribution >= 4 is 22.0 Å². The molecule has 0 bridgehead atoms. The highest BCUT2D eigenvalue weighted by Gasteiger charge is 2.40. The molecule has 33 heavy (non-hydrogen) atoms. The number of likely N-dealkylation sites (tertiary alicyclic amines) is 1. The molecular formula is C21H23F3N4O4S. The zero-order valence-electron chi connectivity index (χ0n) is 17.8. The van der Waals surface area contributed by atoms with Crippen molar-refractivity contribution in [2.24, 2.45) is 0 Å². The molecule has 2 saturated heterocycles. The average Bonchev–Trinajstić information content (AvgIpc) is 3.13. The number of aromatic nitrogens is 2. The number of halogens is 3. The van der Waals surface area contributed by atoms with Gasteiger partial charge in [0.25, 0.3) is 16.0 Å². The second kappa shape index (κ2) is 8.90. The van der Waals surface area contributed by atoms with E-state index < -0.39 is 28.0 Å². The second-order valence-electron chi connectivity index (χ2n) is 8.16. The van der Waals surface area contributed by atoms with E-state index in [1.807, 2.05) is 6.92 Å². The third kappa shape index (κ3) is 5.11. The van der Waals surface area contributed by atoms with Crippen molar-refractivity contribution in [3.63, 3.8) is 0 Å². The van der Waals surface area contributed by atoms with E-state index in [0.29, 0.717) is 32.5 Å². The molecule has 2 fully saturated rings. The SMILES string of the molecule is Cc1ccc(S(=O)(=O)OC2CCN(C3CCN(c4ncc(C(F)(F)F)cn4)CC3)C2=O)cc1. The smallest absolute Gasteiger partial charge is 0.341 e. The van der Waals surface area contributed by atoms with Gasteiger partial charge in [0.15, 0.2) is 6.10 Å². The molecule has 4 rings (SSSR count). The van der Waals surface area contributed by atoms with Gasteiger partial charge in [-0.15, -0.1) is 0 Å². The number of amides is 1. The van der Waals surface area contributed by atoms with E-state index in [1.54, 1.807) is 21.9 Å². The fraction of sp³-hybridized carbons (Fsp3) is 0.476. The number of hydrogen-bond acceptors (Lipinski definition) is 7. The first-order valence-electron chi connectivity index (χ1n) is 10.5. The summed E-state index contributed by atoms with van der Waals surface area (Å²) in [7, 11) is -4.06. The highest BCUT2D eigenvalue weighted by atomic mass is 32.2. The molecule has 1 atom stereocenters. The van der Waals surface area contributed by atoms with Crippen LogP contribution in [0.25, 0.3) is 0 Å². The van der Waals surface area contributed by atoms with Gasteiger partial charge in [-0.3, -0.25) is 8.98 Å². The van der Waals surface area contributed by atoms with Gasteiger partial charge in [0.2, 0.25) is 5.95 Å². The highest BCUT2D eigenvalue weighted by molar-refractivity contribution is 7.86. The third-order valence-electron chi connectivity index (χ3n) is 5.90. The summed E-state index contributed by atoms with van der Waals surface area (Å²) in [4.78, 5) is 23.9. The molecule has 0 spiro atoms. The Morgan fingerprint density at radius 3 is 2.18 bits per heavy atom. The maximum Gasteiger partial charge on any atom is 0.419 e. The predicted molar refractivity (Wildman–Crippen MR) is 112 cm³/mol. The normalized spacial score (nSPS) is 20.5. The van der Waals surface area contributed by atoms with Gasteiger partial charge in [-0.25, -0.2) is 9.97 Å². The number of nitrogens with zero attached hydrogens (tertiary/aromatic N) is 4. The molecular weight excluding hydrogens is 461 g/mol. The van der Waals surface area contributed by atoms with Gasteiger partial charge in [-0.1, -0.05) is 17.7 Å². The fourth-order valence-corrected chi connectivity index (χ4v) is 5.11. The van der Waals surface area contributed by atoms with Crippen molar-refractivity contribution in [1.82, 2.24) is 14.9 Å². The fourth-order valence-electron chi connectivity index (χ4n) is 4.05. The van der Waals surface area contributed by atoms with Crippen LogP contribution in [-0.2, 0) is 25.3 Å². The molecule has 2 aliphatic rings. The van der Waals surface area contributed by atoms with Gasteiger partial charge in [0, 0.05) is 44.5 Å². The second-order valence-corrected chi connectivity index (χ2v) is 9.73. The van der Waals surface area contributed by atoms with Gasteiger partial charge >= 0.3 is 6.18 Å². The first kappa shape index (κ1) is 23.4. The zero-order valence-corrected chi connectivity index (χ0v) is 18.6. The summed E-state index contributed by atoms with van der Waals surface area (Å²) in [5.74, 6) is -0.158. The lowest BCUT2D eigenvalue weighted by Crippen LogP contribution is -2.47. The molecule has 0 radical (unpaired) electrons. The number of alkyl halides is 3. The first-order valence-corrected chi connectivity index (χ1v) is 11.9. The molecule has 2 aromatic rings. The summed E-state index contributed by atoms with van der Waals surface area (Å²) >= 11 is 0. The van der Waals surface area contributed by atoms with Crippen molar-refractivity contribution in [3.8, 4) is 0 Å². The van der Waals surface area contributed by atoms with Crippen molar-refractivity contribution in [2.75, 3.05) is 24.5 Å². The maximum absolute atomic E-state index is 12.8. The van der Waals surface area contributed by atoms with Crippen LogP contribution in [0, 0.1) is 6.92 Å². The topological polar surface area (TPSA) is 92.7 Å². The van der Waals surface area contributed by atoms with E-state index in [4.69, 9.17) is 4.18 Å². The molecule has 1 unspecified atom stereocenters. The Morgan fingerprint density at radius 1 is 1.00 bits per heavy atom. The van der Waals surface area contributed by atoms with E-state index in [1.165, 1.54) is 12.1 Å². The van der Waals surface area contributed by atoms with Crippen LogP contribution in [0.5, 0.6) is 0 Å². The molecule has 1 amide bonds. The van der Waals surface area contributed by atoms with Gasteiger partial charge in [0.1, 0.15) is 0 Å². The monoisotopic (exact) mass is 484 g/mol. The summed E-state index contributed by atoms with van der Waals surface area (Å²) in [5, 5.41) is 0. The molecule has 8 nitrogen and oxygen atoms in total. The number of rotatable bonds is 5. The Kier molecular flexibility index (Phi) is 6.32. The number of hydrogen-bond donors (Lipinski definition) is 0. The Morgan fingerprint density at radius 2 is 1.61 bits per heavy atom. The van der Waals surface area contributed by atoms with E-state index in [2.05, 4.69) is 9.97 Å². The van der Waals surface area contributed by atoms with Crippen LogP contribution in [0.4, 0.5) is 19.1 Å². The van der Waals surface area contributed by atoms with Crippen LogP contribution in [0.15, 0.2) is 41.6 Å². The highest BCUT2D eigenvalue weighted by Crippen LogP contribution is 2.30. The molecule has 0 aliphatic carbocycles. The number of carbonyl (C=O) groups is 1. The molecule has 0 saturated carbocycles. The summed E-state index contributed by atoms with van der Waals surface area (Å²) in [6.45, 7) is 3.15. The van der Waals surface area contributed by atoms with Crippen molar-refractivity contribution in [3.05, 3.63) is 47.8 Å². The lowest BCUT2D eigenvalue weighted by molar-refractivity contribution is -0.138. The summed E-state index contributed by atoms with van der Waals surface area (Å²) < 4.78 is 68.4. The number of aryl methyl sites for hydroxylation is 1. The minimum absolute atomic E-state index is 0.00389. The largest absolute Gasteiger partial charge is 0.419 e. The molecule has 0 N–H and O–H groups in total. The lowest BCUT2D eigenvalue weighted by Gasteiger charge is -2.36. The van der Waals surface area contributed by atoms with Crippen LogP contribution in [-0.4, -0.2) is 61.0 Å². The molecule has 3 heterocycles. The Labute approximate surface area is 189 Å². The lowest BCUT2D eigenvalue weighted by atomic mass is 10.0. The zero-order chi connectivity index (χ0) is 23.8. The van der Waals surface area contributed by atoms with Gasteiger partial charge in [-0.05, 0) is 31.9 Å². The van der Waals surface area contributed by atoms with Gasteiger partial charge in [-0.2, -0.15) is 21.6 Å². The quantitative estimate of drug-likeness (QED) is 0.603. The Hall–Kier alpha value is -2.73. The van der Waals surface area contributed by atoms with E-state index >= 15 is 0 Å². The maximum atomic E-state index is 12.8. The van der Waals surface area contributed by atoms with E-state index in [9.17, 15) is 26.4 Å². The predicted octanol–water partition coefficient (Wildman–Crippen LogP) is 2.78. The molecule has 178 valence electrons. The molecule has 2 aliphatic heterocycles. The summed E-state index contributed by atoms with van der Waals surface area (Å²) in [6, 6.07) is 6.10. The van der Waals surface area contributed by atoms with Crippen LogP contribution < -0.4 is 4.90 Å². The molecule has 12 heteroatoms. The van der Waals surface area contributed by atoms with E-state index in [-0.39, 0.29) is 29.2 Å². The van der Waals surface area contributed by atoms with Crippen LogP contribution in [0.2, 0.25) is 0 Å². The van der Waals surface area contributed by atoms with Gasteiger partial charge in [0.05, 0.1) is 10.5 Å². The minimum Gasteiger partial charge on any atom is -0.341 e. The molecule has 1 aromatic heterocycles.